The van der Waals surface area contributed by atoms with E-state index in [1.165, 1.54) is 0 Å². The van der Waals surface area contributed by atoms with Crippen molar-refractivity contribution in [1.82, 2.24) is 0 Å². The van der Waals surface area contributed by atoms with E-state index in [9.17, 15) is 0 Å². The molecule has 21 heavy (non-hydrogen) atoms. The molecule has 2 aromatic carbocycles. The zero-order valence-electron chi connectivity index (χ0n) is 11.0. The highest BCUT2D eigenvalue weighted by Gasteiger charge is 2.19. The third-order valence-electron chi connectivity index (χ3n) is 2.86. The topological polar surface area (TPSA) is 9.23 Å². The largest absolute Gasteiger partial charge is 0.492 e. The van der Waals surface area contributed by atoms with E-state index < -0.39 is 5.38 Å². The lowest BCUT2D eigenvalue weighted by Gasteiger charge is -2.16. The second-order valence-corrected chi connectivity index (χ2v) is 6.81. The third-order valence-corrected chi connectivity index (χ3v) is 4.87. The van der Waals surface area contributed by atoms with Crippen LogP contribution < -0.4 is 4.74 Å². The second-order valence-electron chi connectivity index (χ2n) is 4.27. The molecule has 0 saturated carbocycles. The number of hydrogen-bond donors (Lipinski definition) is 0. The average Bonchev–Trinajstić information content (AvgIpc) is 2.42. The Bertz CT molecular complexity index is 660. The van der Waals surface area contributed by atoms with Crippen LogP contribution in [0, 0.1) is 0 Å². The Morgan fingerprint density at radius 3 is 2.38 bits per heavy atom. The van der Waals surface area contributed by atoms with Gasteiger partial charge in [0.25, 0.3) is 0 Å². The van der Waals surface area contributed by atoms with E-state index in [2.05, 4.69) is 15.9 Å². The highest BCUT2D eigenvalue weighted by atomic mass is 79.9. The first-order valence-corrected chi connectivity index (χ1v) is 8.51. The van der Waals surface area contributed by atoms with Gasteiger partial charge in [-0.1, -0.05) is 56.8 Å². The highest BCUT2D eigenvalue weighted by Crippen LogP contribution is 2.41. The Hall–Kier alpha value is -0.120. The SMILES string of the molecule is CCOc1cc(Cl)c(C(Cl)c2ccc(Cl)cc2Br)cc1Cl. The number of rotatable bonds is 4. The van der Waals surface area contributed by atoms with Crippen LogP contribution in [0.5, 0.6) is 5.75 Å². The van der Waals surface area contributed by atoms with Gasteiger partial charge in [-0.2, -0.15) is 0 Å². The molecule has 0 aliphatic heterocycles. The first kappa shape index (κ1) is 17.2. The summed E-state index contributed by atoms with van der Waals surface area (Å²) in [6, 6.07) is 8.83. The van der Waals surface area contributed by atoms with Crippen molar-refractivity contribution in [1.29, 1.82) is 0 Å². The zero-order valence-corrected chi connectivity index (χ0v) is 15.6. The third kappa shape index (κ3) is 4.00. The lowest BCUT2D eigenvalue weighted by Crippen LogP contribution is -1.98. The minimum Gasteiger partial charge on any atom is -0.492 e. The minimum absolute atomic E-state index is 0.447. The van der Waals surface area contributed by atoms with Crippen molar-refractivity contribution in [3.63, 3.8) is 0 Å². The molecule has 0 radical (unpaired) electrons. The fourth-order valence-electron chi connectivity index (χ4n) is 1.88. The van der Waals surface area contributed by atoms with Crippen LogP contribution in [-0.4, -0.2) is 6.61 Å². The monoisotopic (exact) mass is 426 g/mol. The van der Waals surface area contributed by atoms with Crippen molar-refractivity contribution in [2.45, 2.75) is 12.3 Å². The fourth-order valence-corrected chi connectivity index (χ4v) is 3.84. The van der Waals surface area contributed by atoms with Crippen LogP contribution in [0.2, 0.25) is 15.1 Å². The van der Waals surface area contributed by atoms with Crippen LogP contribution >= 0.6 is 62.3 Å². The van der Waals surface area contributed by atoms with Crippen molar-refractivity contribution < 1.29 is 4.74 Å². The number of benzene rings is 2. The second kappa shape index (κ2) is 7.43. The van der Waals surface area contributed by atoms with Gasteiger partial charge in [-0.25, -0.2) is 0 Å². The Kier molecular flexibility index (Phi) is 6.10. The van der Waals surface area contributed by atoms with Crippen LogP contribution in [0.15, 0.2) is 34.8 Å². The molecule has 2 rings (SSSR count). The van der Waals surface area contributed by atoms with Crippen LogP contribution in [0.3, 0.4) is 0 Å². The van der Waals surface area contributed by atoms with Gasteiger partial charge < -0.3 is 4.74 Å². The molecular weight excluding hydrogens is 418 g/mol. The lowest BCUT2D eigenvalue weighted by atomic mass is 10.0. The summed E-state index contributed by atoms with van der Waals surface area (Å²) in [6.45, 7) is 2.40. The molecule has 0 aromatic heterocycles. The summed E-state index contributed by atoms with van der Waals surface area (Å²) < 4.78 is 6.23. The van der Waals surface area contributed by atoms with E-state index >= 15 is 0 Å². The Balaban J connectivity index is 2.43. The molecular formula is C15H11BrCl4O. The molecule has 112 valence electrons. The summed E-state index contributed by atoms with van der Waals surface area (Å²) in [7, 11) is 0. The molecule has 0 fully saturated rings. The zero-order chi connectivity index (χ0) is 15.6. The van der Waals surface area contributed by atoms with E-state index in [1.54, 1.807) is 24.3 Å². The Morgan fingerprint density at radius 2 is 1.76 bits per heavy atom. The van der Waals surface area contributed by atoms with Crippen molar-refractivity contribution in [2.75, 3.05) is 6.61 Å². The van der Waals surface area contributed by atoms with E-state index in [0.29, 0.717) is 27.4 Å². The molecule has 1 nitrogen and oxygen atoms in total. The summed E-state index contributed by atoms with van der Waals surface area (Å²) in [4.78, 5) is 0. The van der Waals surface area contributed by atoms with E-state index in [1.807, 2.05) is 13.0 Å². The first-order valence-electron chi connectivity index (χ1n) is 6.14. The first-order chi connectivity index (χ1) is 9.93. The van der Waals surface area contributed by atoms with Crippen LogP contribution in [0.25, 0.3) is 0 Å². The number of alkyl halides is 1. The molecule has 1 atom stereocenters. The number of ether oxygens (including phenoxy) is 1. The maximum atomic E-state index is 6.54. The molecule has 0 aliphatic carbocycles. The van der Waals surface area contributed by atoms with Gasteiger partial charge in [0.1, 0.15) is 5.75 Å². The highest BCUT2D eigenvalue weighted by molar-refractivity contribution is 9.10. The molecule has 0 N–H and O–H groups in total. The van der Waals surface area contributed by atoms with Gasteiger partial charge in [-0.3, -0.25) is 0 Å². The molecule has 0 aliphatic rings. The van der Waals surface area contributed by atoms with Crippen molar-refractivity contribution in [3.05, 3.63) is 61.0 Å². The van der Waals surface area contributed by atoms with Crippen molar-refractivity contribution in [2.24, 2.45) is 0 Å². The molecule has 0 amide bonds. The Labute approximate surface area is 152 Å². The fraction of sp³-hybridized carbons (Fsp3) is 0.200. The summed E-state index contributed by atoms with van der Waals surface area (Å²) in [5.74, 6) is 0.548. The smallest absolute Gasteiger partial charge is 0.139 e. The molecule has 0 spiro atoms. The van der Waals surface area contributed by atoms with E-state index in [-0.39, 0.29) is 0 Å². The van der Waals surface area contributed by atoms with E-state index in [0.717, 1.165) is 15.6 Å². The minimum atomic E-state index is -0.447. The van der Waals surface area contributed by atoms with Gasteiger partial charge in [0.2, 0.25) is 0 Å². The number of halogens is 5. The quantitative estimate of drug-likeness (QED) is 0.470. The summed E-state index contributed by atoms with van der Waals surface area (Å²) in [6.07, 6.45) is 0. The van der Waals surface area contributed by atoms with E-state index in [4.69, 9.17) is 51.1 Å². The maximum absolute atomic E-state index is 6.54. The molecule has 2 aromatic rings. The lowest BCUT2D eigenvalue weighted by molar-refractivity contribution is 0.340. The maximum Gasteiger partial charge on any atom is 0.139 e. The van der Waals surface area contributed by atoms with Gasteiger partial charge in [-0.05, 0) is 36.2 Å². The van der Waals surface area contributed by atoms with Crippen molar-refractivity contribution in [3.8, 4) is 5.75 Å². The summed E-state index contributed by atoms with van der Waals surface area (Å²) >= 11 is 28.4. The summed E-state index contributed by atoms with van der Waals surface area (Å²) in [5.41, 5.74) is 1.58. The van der Waals surface area contributed by atoms with Gasteiger partial charge in [-0.15, -0.1) is 11.6 Å². The van der Waals surface area contributed by atoms with Gasteiger partial charge in [0.05, 0.1) is 17.0 Å². The van der Waals surface area contributed by atoms with Gasteiger partial charge in [0.15, 0.2) is 0 Å². The van der Waals surface area contributed by atoms with Crippen LogP contribution in [0.4, 0.5) is 0 Å². The summed E-state index contributed by atoms with van der Waals surface area (Å²) in [5, 5.41) is 1.17. The van der Waals surface area contributed by atoms with Gasteiger partial charge in [0, 0.05) is 20.6 Å². The standard InChI is InChI=1S/C15H11BrCl4O/c1-2-21-14-7-12(18)10(6-13(14)19)15(20)9-4-3-8(17)5-11(9)16/h3-7,15H,2H2,1H3. The molecule has 1 unspecified atom stereocenters. The van der Waals surface area contributed by atoms with Gasteiger partial charge >= 0.3 is 0 Å². The Morgan fingerprint density at radius 1 is 1.05 bits per heavy atom. The molecule has 6 heteroatoms. The predicted molar refractivity (Wildman–Crippen MR) is 94.5 cm³/mol. The average molecular weight is 429 g/mol. The van der Waals surface area contributed by atoms with Crippen LogP contribution in [-0.2, 0) is 0 Å². The normalized spacial score (nSPS) is 12.3. The number of hydrogen-bond acceptors (Lipinski definition) is 1. The molecule has 0 saturated heterocycles. The molecule has 0 heterocycles. The molecule has 0 bridgehead atoms. The van der Waals surface area contributed by atoms with Crippen molar-refractivity contribution >= 4 is 62.3 Å². The predicted octanol–water partition coefficient (Wildman–Crippen LogP) is 7.14. The van der Waals surface area contributed by atoms with Crippen LogP contribution in [0.1, 0.15) is 23.4 Å².